The second kappa shape index (κ2) is 3.58. The molecule has 0 saturated carbocycles. The summed E-state index contributed by atoms with van der Waals surface area (Å²) in [4.78, 5) is 0. The molecule has 0 saturated heterocycles. The van der Waals surface area contributed by atoms with Crippen LogP contribution < -0.4 is 0 Å². The Morgan fingerprint density at radius 2 is 1.67 bits per heavy atom. The first-order chi connectivity index (χ1) is 7.09. The van der Waals surface area contributed by atoms with Gasteiger partial charge in [-0.05, 0) is 38.5 Å². The molecule has 2 rings (SSSR count). The third kappa shape index (κ3) is 1.70. The standard InChI is InChI=1S/C14H17N/c1-10-5-7-13(11(2)9-10)14-8-6-12(3)15(14)4/h5-9H,1-4H3. The molecule has 0 aliphatic carbocycles. The van der Waals surface area contributed by atoms with Crippen molar-refractivity contribution in [1.82, 2.24) is 4.57 Å². The van der Waals surface area contributed by atoms with Crippen LogP contribution in [0.2, 0.25) is 0 Å². The van der Waals surface area contributed by atoms with E-state index >= 15 is 0 Å². The van der Waals surface area contributed by atoms with E-state index in [1.165, 1.54) is 28.1 Å². The minimum atomic E-state index is 1.30. The van der Waals surface area contributed by atoms with Gasteiger partial charge in [0.1, 0.15) is 0 Å². The summed E-state index contributed by atoms with van der Waals surface area (Å²) in [5.41, 5.74) is 6.59. The van der Waals surface area contributed by atoms with Gasteiger partial charge < -0.3 is 4.57 Å². The van der Waals surface area contributed by atoms with E-state index in [-0.39, 0.29) is 0 Å². The maximum atomic E-state index is 2.23. The Morgan fingerprint density at radius 1 is 0.933 bits per heavy atom. The number of benzene rings is 1. The lowest BCUT2D eigenvalue weighted by Crippen LogP contribution is -1.95. The molecule has 0 amide bonds. The van der Waals surface area contributed by atoms with Gasteiger partial charge in [-0.15, -0.1) is 0 Å². The van der Waals surface area contributed by atoms with Crippen LogP contribution in [0.3, 0.4) is 0 Å². The summed E-state index contributed by atoms with van der Waals surface area (Å²) >= 11 is 0. The van der Waals surface area contributed by atoms with E-state index in [2.05, 4.69) is 62.7 Å². The van der Waals surface area contributed by atoms with E-state index in [0.717, 1.165) is 0 Å². The van der Waals surface area contributed by atoms with Crippen LogP contribution in [0.5, 0.6) is 0 Å². The van der Waals surface area contributed by atoms with Gasteiger partial charge >= 0.3 is 0 Å². The van der Waals surface area contributed by atoms with Gasteiger partial charge in [0.05, 0.1) is 0 Å². The van der Waals surface area contributed by atoms with Crippen LogP contribution in [0.1, 0.15) is 16.8 Å². The van der Waals surface area contributed by atoms with Crippen molar-refractivity contribution in [3.63, 3.8) is 0 Å². The Kier molecular flexibility index (Phi) is 2.39. The Bertz CT molecular complexity index is 492. The van der Waals surface area contributed by atoms with Gasteiger partial charge in [0.15, 0.2) is 0 Å². The predicted octanol–water partition coefficient (Wildman–Crippen LogP) is 3.62. The van der Waals surface area contributed by atoms with Crippen LogP contribution in [0, 0.1) is 20.8 Å². The van der Waals surface area contributed by atoms with Crippen molar-refractivity contribution in [2.75, 3.05) is 0 Å². The topological polar surface area (TPSA) is 4.93 Å². The Balaban J connectivity index is 2.59. The van der Waals surface area contributed by atoms with Gasteiger partial charge in [-0.3, -0.25) is 0 Å². The van der Waals surface area contributed by atoms with Gasteiger partial charge in [0, 0.05) is 24.0 Å². The maximum Gasteiger partial charge on any atom is 0.0482 e. The number of rotatable bonds is 1. The zero-order valence-electron chi connectivity index (χ0n) is 9.83. The molecule has 1 aromatic heterocycles. The third-order valence-electron chi connectivity index (χ3n) is 3.03. The maximum absolute atomic E-state index is 2.23. The molecule has 78 valence electrons. The number of aryl methyl sites for hydroxylation is 3. The van der Waals surface area contributed by atoms with Crippen molar-refractivity contribution < 1.29 is 0 Å². The quantitative estimate of drug-likeness (QED) is 0.661. The molecule has 0 N–H and O–H groups in total. The van der Waals surface area contributed by atoms with Gasteiger partial charge in [0.25, 0.3) is 0 Å². The molecule has 1 nitrogen and oxygen atoms in total. The summed E-state index contributed by atoms with van der Waals surface area (Å²) in [6, 6.07) is 11.0. The molecule has 0 fully saturated rings. The zero-order chi connectivity index (χ0) is 11.0. The van der Waals surface area contributed by atoms with E-state index in [1.807, 2.05) is 0 Å². The summed E-state index contributed by atoms with van der Waals surface area (Å²) in [6.07, 6.45) is 0. The molecule has 0 aliphatic rings. The van der Waals surface area contributed by atoms with Crippen LogP contribution in [0.25, 0.3) is 11.3 Å². The zero-order valence-corrected chi connectivity index (χ0v) is 9.83. The van der Waals surface area contributed by atoms with Crippen LogP contribution in [0.4, 0.5) is 0 Å². The minimum Gasteiger partial charge on any atom is -0.348 e. The van der Waals surface area contributed by atoms with Crippen LogP contribution in [-0.4, -0.2) is 4.57 Å². The monoisotopic (exact) mass is 199 g/mol. The second-order valence-corrected chi connectivity index (χ2v) is 4.24. The fourth-order valence-electron chi connectivity index (χ4n) is 1.98. The highest BCUT2D eigenvalue weighted by Crippen LogP contribution is 2.25. The highest BCUT2D eigenvalue weighted by atomic mass is 14.9. The predicted molar refractivity (Wildman–Crippen MR) is 65.1 cm³/mol. The Labute approximate surface area is 91.4 Å². The summed E-state index contributed by atoms with van der Waals surface area (Å²) < 4.78 is 2.23. The minimum absolute atomic E-state index is 1.30. The Morgan fingerprint density at radius 3 is 2.20 bits per heavy atom. The second-order valence-electron chi connectivity index (χ2n) is 4.24. The molecule has 1 heterocycles. The normalized spacial score (nSPS) is 10.7. The number of hydrogen-bond donors (Lipinski definition) is 0. The van der Waals surface area contributed by atoms with Gasteiger partial charge in [-0.25, -0.2) is 0 Å². The highest BCUT2D eigenvalue weighted by Gasteiger charge is 2.06. The Hall–Kier alpha value is -1.50. The smallest absolute Gasteiger partial charge is 0.0482 e. The fraction of sp³-hybridized carbons (Fsp3) is 0.286. The molecule has 2 aromatic rings. The van der Waals surface area contributed by atoms with Crippen molar-refractivity contribution in [2.24, 2.45) is 7.05 Å². The van der Waals surface area contributed by atoms with Crippen molar-refractivity contribution in [3.8, 4) is 11.3 Å². The fourth-order valence-corrected chi connectivity index (χ4v) is 1.98. The molecule has 15 heavy (non-hydrogen) atoms. The first kappa shape index (κ1) is 10.0. The summed E-state index contributed by atoms with van der Waals surface area (Å²) in [5, 5.41) is 0. The number of nitrogens with zero attached hydrogens (tertiary/aromatic N) is 1. The van der Waals surface area contributed by atoms with Crippen LogP contribution >= 0.6 is 0 Å². The molecule has 0 radical (unpaired) electrons. The molecule has 1 aromatic carbocycles. The highest BCUT2D eigenvalue weighted by molar-refractivity contribution is 5.65. The first-order valence-electron chi connectivity index (χ1n) is 5.29. The molecule has 0 unspecified atom stereocenters. The van der Waals surface area contributed by atoms with E-state index in [4.69, 9.17) is 0 Å². The lowest BCUT2D eigenvalue weighted by Gasteiger charge is -2.09. The van der Waals surface area contributed by atoms with Crippen LogP contribution in [0.15, 0.2) is 30.3 Å². The first-order valence-corrected chi connectivity index (χ1v) is 5.29. The molecule has 0 bridgehead atoms. The van der Waals surface area contributed by atoms with Gasteiger partial charge in [0.2, 0.25) is 0 Å². The molecule has 0 atom stereocenters. The lowest BCUT2D eigenvalue weighted by atomic mass is 10.0. The molecule has 0 spiro atoms. The van der Waals surface area contributed by atoms with Crippen molar-refractivity contribution in [1.29, 1.82) is 0 Å². The number of hydrogen-bond acceptors (Lipinski definition) is 0. The largest absolute Gasteiger partial charge is 0.348 e. The average Bonchev–Trinajstić information content (AvgIpc) is 2.49. The van der Waals surface area contributed by atoms with Crippen molar-refractivity contribution >= 4 is 0 Å². The molecular weight excluding hydrogens is 182 g/mol. The molecule has 1 heteroatoms. The van der Waals surface area contributed by atoms with Crippen molar-refractivity contribution in [3.05, 3.63) is 47.2 Å². The average molecular weight is 199 g/mol. The molecular formula is C14H17N. The number of aromatic nitrogens is 1. The van der Waals surface area contributed by atoms with Crippen LogP contribution in [-0.2, 0) is 7.05 Å². The lowest BCUT2D eigenvalue weighted by molar-refractivity contribution is 0.890. The van der Waals surface area contributed by atoms with E-state index in [0.29, 0.717) is 0 Å². The SMILES string of the molecule is Cc1ccc(-c2ccc(C)n2C)c(C)c1. The summed E-state index contributed by atoms with van der Waals surface area (Å²) in [6.45, 7) is 6.44. The van der Waals surface area contributed by atoms with E-state index in [9.17, 15) is 0 Å². The van der Waals surface area contributed by atoms with Gasteiger partial charge in [-0.2, -0.15) is 0 Å². The summed E-state index contributed by atoms with van der Waals surface area (Å²) in [5.74, 6) is 0. The van der Waals surface area contributed by atoms with E-state index < -0.39 is 0 Å². The third-order valence-corrected chi connectivity index (χ3v) is 3.03. The molecule has 0 aliphatic heterocycles. The van der Waals surface area contributed by atoms with Gasteiger partial charge in [-0.1, -0.05) is 23.8 Å². The van der Waals surface area contributed by atoms with E-state index in [1.54, 1.807) is 0 Å². The summed E-state index contributed by atoms with van der Waals surface area (Å²) in [7, 11) is 2.12. The van der Waals surface area contributed by atoms with Crippen molar-refractivity contribution in [2.45, 2.75) is 20.8 Å².